The maximum atomic E-state index is 11.7. The molecule has 0 spiro atoms. The molecular formula is C14H23ClN2O2. The third-order valence-electron chi connectivity index (χ3n) is 2.85. The van der Waals surface area contributed by atoms with E-state index in [2.05, 4.69) is 5.32 Å². The van der Waals surface area contributed by atoms with Crippen LogP contribution in [0.3, 0.4) is 0 Å². The maximum absolute atomic E-state index is 11.7. The van der Waals surface area contributed by atoms with E-state index in [4.69, 9.17) is 10.5 Å². The molecule has 2 atom stereocenters. The van der Waals surface area contributed by atoms with Crippen LogP contribution in [0.1, 0.15) is 31.4 Å². The van der Waals surface area contributed by atoms with Crippen molar-refractivity contribution in [1.29, 1.82) is 0 Å². The van der Waals surface area contributed by atoms with Gasteiger partial charge >= 0.3 is 0 Å². The number of rotatable bonds is 7. The van der Waals surface area contributed by atoms with Crippen LogP contribution >= 0.6 is 12.4 Å². The summed E-state index contributed by atoms with van der Waals surface area (Å²) in [6.07, 6.45) is 1.47. The summed E-state index contributed by atoms with van der Waals surface area (Å²) >= 11 is 0. The Balaban J connectivity index is 0.00000324. The van der Waals surface area contributed by atoms with Crippen LogP contribution in [0.5, 0.6) is 0 Å². The number of hydrogen-bond donors (Lipinski definition) is 2. The fraction of sp³-hybridized carbons (Fsp3) is 0.500. The fourth-order valence-corrected chi connectivity index (χ4v) is 1.77. The summed E-state index contributed by atoms with van der Waals surface area (Å²) in [5.41, 5.74) is 6.79. The second-order valence-corrected chi connectivity index (χ2v) is 4.28. The third-order valence-corrected chi connectivity index (χ3v) is 2.85. The van der Waals surface area contributed by atoms with Crippen molar-refractivity contribution in [1.82, 2.24) is 5.32 Å². The second-order valence-electron chi connectivity index (χ2n) is 4.28. The molecule has 0 radical (unpaired) electrons. The van der Waals surface area contributed by atoms with Crippen molar-refractivity contribution in [2.24, 2.45) is 5.73 Å². The van der Waals surface area contributed by atoms with Crippen LogP contribution in [0, 0.1) is 0 Å². The van der Waals surface area contributed by atoms with Gasteiger partial charge in [-0.3, -0.25) is 4.79 Å². The van der Waals surface area contributed by atoms with E-state index in [1.165, 1.54) is 0 Å². The molecule has 2 unspecified atom stereocenters. The van der Waals surface area contributed by atoms with Crippen molar-refractivity contribution in [2.75, 3.05) is 13.7 Å². The fourth-order valence-electron chi connectivity index (χ4n) is 1.77. The molecule has 0 aliphatic heterocycles. The molecule has 0 aliphatic carbocycles. The number of nitrogens with two attached hydrogens (primary N) is 1. The molecule has 1 aromatic rings. The number of halogens is 1. The van der Waals surface area contributed by atoms with Crippen LogP contribution in [0.4, 0.5) is 0 Å². The van der Waals surface area contributed by atoms with Gasteiger partial charge in [0.2, 0.25) is 5.91 Å². The average molecular weight is 287 g/mol. The standard InChI is InChI=1S/C14H22N2O2.ClH/c1-3-7-12(15)14(17)16-10-13(18-2)11-8-5-4-6-9-11;/h4-6,8-9,12-13H,3,7,10,15H2,1-2H3,(H,16,17);1H. The lowest BCUT2D eigenvalue weighted by Gasteiger charge is -2.18. The van der Waals surface area contributed by atoms with E-state index in [0.717, 1.165) is 12.0 Å². The van der Waals surface area contributed by atoms with E-state index in [-0.39, 0.29) is 24.4 Å². The molecule has 1 rings (SSSR count). The molecule has 0 bridgehead atoms. The highest BCUT2D eigenvalue weighted by Crippen LogP contribution is 2.14. The van der Waals surface area contributed by atoms with E-state index >= 15 is 0 Å². The van der Waals surface area contributed by atoms with Crippen LogP contribution in [0.15, 0.2) is 30.3 Å². The Morgan fingerprint density at radius 2 is 2.00 bits per heavy atom. The predicted molar refractivity (Wildman–Crippen MR) is 79.3 cm³/mol. The molecule has 108 valence electrons. The molecule has 0 fully saturated rings. The minimum absolute atomic E-state index is 0. The number of benzene rings is 1. The van der Waals surface area contributed by atoms with E-state index in [9.17, 15) is 4.79 Å². The van der Waals surface area contributed by atoms with Gasteiger partial charge in [0.1, 0.15) is 0 Å². The van der Waals surface area contributed by atoms with Gasteiger partial charge in [-0.25, -0.2) is 0 Å². The summed E-state index contributed by atoms with van der Waals surface area (Å²) in [5.74, 6) is -0.116. The molecule has 4 nitrogen and oxygen atoms in total. The molecule has 3 N–H and O–H groups in total. The van der Waals surface area contributed by atoms with E-state index in [1.807, 2.05) is 37.3 Å². The summed E-state index contributed by atoms with van der Waals surface area (Å²) in [6.45, 7) is 2.45. The van der Waals surface area contributed by atoms with Gasteiger partial charge in [-0.1, -0.05) is 43.7 Å². The Bertz CT molecular complexity index is 360. The third kappa shape index (κ3) is 6.05. The lowest BCUT2D eigenvalue weighted by Crippen LogP contribution is -2.42. The highest BCUT2D eigenvalue weighted by Gasteiger charge is 2.15. The van der Waals surface area contributed by atoms with E-state index in [0.29, 0.717) is 13.0 Å². The molecule has 19 heavy (non-hydrogen) atoms. The van der Waals surface area contributed by atoms with Crippen molar-refractivity contribution < 1.29 is 9.53 Å². The van der Waals surface area contributed by atoms with E-state index in [1.54, 1.807) is 7.11 Å². The first kappa shape index (κ1) is 17.9. The molecule has 0 aliphatic rings. The summed E-state index contributed by atoms with van der Waals surface area (Å²) in [6, 6.07) is 9.38. The minimum atomic E-state index is -0.428. The second kappa shape index (κ2) is 9.78. The van der Waals surface area contributed by atoms with Crippen LogP contribution in [0.2, 0.25) is 0 Å². The number of methoxy groups -OCH3 is 1. The smallest absolute Gasteiger partial charge is 0.237 e. The zero-order valence-electron chi connectivity index (χ0n) is 11.5. The van der Waals surface area contributed by atoms with Crippen LogP contribution in [0.25, 0.3) is 0 Å². The Kier molecular flexibility index (Phi) is 9.21. The lowest BCUT2D eigenvalue weighted by molar-refractivity contribution is -0.123. The predicted octanol–water partition coefficient (Wildman–Crippen LogP) is 2.04. The van der Waals surface area contributed by atoms with Crippen molar-refractivity contribution in [3.05, 3.63) is 35.9 Å². The van der Waals surface area contributed by atoms with Crippen molar-refractivity contribution in [2.45, 2.75) is 31.9 Å². The summed E-state index contributed by atoms with van der Waals surface area (Å²) in [5, 5.41) is 2.83. The Morgan fingerprint density at radius 3 is 2.53 bits per heavy atom. The maximum Gasteiger partial charge on any atom is 0.237 e. The van der Waals surface area contributed by atoms with Gasteiger partial charge in [-0.2, -0.15) is 0 Å². The molecule has 0 aromatic heterocycles. The quantitative estimate of drug-likeness (QED) is 0.806. The topological polar surface area (TPSA) is 64.4 Å². The number of ether oxygens (including phenoxy) is 1. The van der Waals surface area contributed by atoms with Gasteiger partial charge in [0.05, 0.1) is 12.1 Å². The first-order valence-corrected chi connectivity index (χ1v) is 6.30. The molecule has 0 heterocycles. The van der Waals surface area contributed by atoms with E-state index < -0.39 is 6.04 Å². The van der Waals surface area contributed by atoms with Gasteiger partial charge in [-0.05, 0) is 12.0 Å². The number of hydrogen-bond acceptors (Lipinski definition) is 3. The minimum Gasteiger partial charge on any atom is -0.375 e. The monoisotopic (exact) mass is 286 g/mol. The zero-order valence-corrected chi connectivity index (χ0v) is 12.3. The van der Waals surface area contributed by atoms with Crippen LogP contribution in [-0.4, -0.2) is 25.6 Å². The Morgan fingerprint density at radius 1 is 1.37 bits per heavy atom. The van der Waals surface area contributed by atoms with Gasteiger partial charge in [0.15, 0.2) is 0 Å². The number of carbonyl (C=O) groups is 1. The summed E-state index contributed by atoms with van der Waals surface area (Å²) in [7, 11) is 1.63. The molecule has 1 aromatic carbocycles. The highest BCUT2D eigenvalue weighted by molar-refractivity contribution is 5.85. The molecule has 0 saturated heterocycles. The van der Waals surface area contributed by atoms with Gasteiger partial charge in [0, 0.05) is 13.7 Å². The number of carbonyl (C=O) groups excluding carboxylic acids is 1. The van der Waals surface area contributed by atoms with Gasteiger partial charge in [-0.15, -0.1) is 12.4 Å². The van der Waals surface area contributed by atoms with Crippen molar-refractivity contribution in [3.8, 4) is 0 Å². The Hall–Kier alpha value is -1.10. The summed E-state index contributed by atoms with van der Waals surface area (Å²) < 4.78 is 5.37. The van der Waals surface area contributed by atoms with Gasteiger partial charge in [0.25, 0.3) is 0 Å². The van der Waals surface area contributed by atoms with Gasteiger partial charge < -0.3 is 15.8 Å². The number of amides is 1. The highest BCUT2D eigenvalue weighted by atomic mass is 35.5. The van der Waals surface area contributed by atoms with Crippen molar-refractivity contribution in [3.63, 3.8) is 0 Å². The first-order chi connectivity index (χ1) is 8.69. The molecule has 5 heteroatoms. The normalized spacial score (nSPS) is 13.2. The SMILES string of the molecule is CCCC(N)C(=O)NCC(OC)c1ccccc1.Cl. The number of nitrogens with one attached hydrogen (secondary N) is 1. The Labute approximate surface area is 121 Å². The lowest BCUT2D eigenvalue weighted by atomic mass is 10.1. The zero-order chi connectivity index (χ0) is 13.4. The van der Waals surface area contributed by atoms with Crippen LogP contribution in [-0.2, 0) is 9.53 Å². The summed E-state index contributed by atoms with van der Waals surface area (Å²) in [4.78, 5) is 11.7. The molecule has 0 saturated carbocycles. The first-order valence-electron chi connectivity index (χ1n) is 6.30. The molecular weight excluding hydrogens is 264 g/mol. The van der Waals surface area contributed by atoms with Crippen molar-refractivity contribution >= 4 is 18.3 Å². The molecule has 1 amide bonds. The largest absolute Gasteiger partial charge is 0.375 e. The average Bonchev–Trinajstić information content (AvgIpc) is 2.40. The van der Waals surface area contributed by atoms with Crippen LogP contribution < -0.4 is 11.1 Å².